The van der Waals surface area contributed by atoms with E-state index in [0.717, 1.165) is 5.56 Å². The molecular formula is C27H30N4O10S2. The number of non-ortho nitro benzene ring substituents is 1. The van der Waals surface area contributed by atoms with Crippen molar-refractivity contribution in [3.05, 3.63) is 81.0 Å². The normalized spacial score (nSPS) is 17.8. The summed E-state index contributed by atoms with van der Waals surface area (Å²) in [7, 11) is -0.443. The van der Waals surface area contributed by atoms with Gasteiger partial charge in [0.25, 0.3) is 21.7 Å². The van der Waals surface area contributed by atoms with Gasteiger partial charge in [-0.15, -0.1) is 11.8 Å². The quantitative estimate of drug-likeness (QED) is 0.0809. The van der Waals surface area contributed by atoms with Crippen molar-refractivity contribution >= 4 is 51.8 Å². The molecule has 2 heterocycles. The molecule has 0 aliphatic carbocycles. The molecule has 0 bridgehead atoms. The number of amides is 1. The number of hydrogen-bond donors (Lipinski definition) is 1. The zero-order chi connectivity index (χ0) is 31.9. The van der Waals surface area contributed by atoms with E-state index in [2.05, 4.69) is 4.99 Å². The third-order valence-electron chi connectivity index (χ3n) is 5.96. The van der Waals surface area contributed by atoms with Crippen LogP contribution in [0.15, 0.2) is 69.7 Å². The van der Waals surface area contributed by atoms with Gasteiger partial charge in [0.05, 0.1) is 16.2 Å². The summed E-state index contributed by atoms with van der Waals surface area (Å²) in [5.41, 5.74) is 1.96. The number of hydrogen-bond acceptors (Lipinski definition) is 11. The molecular weight excluding hydrogens is 604 g/mol. The third kappa shape index (κ3) is 8.86. The molecule has 2 aromatic carbocycles. The maximum atomic E-state index is 12.9. The molecule has 1 saturated heterocycles. The van der Waals surface area contributed by atoms with E-state index in [1.807, 2.05) is 6.92 Å². The van der Waals surface area contributed by atoms with E-state index in [1.54, 1.807) is 37.5 Å². The SMILES string of the molecule is CC(=O)OCC1=C(C(=O)OCc2ccc([N+](=O)[O-])cc2)N2C(=O)[C@@H](N=CN(C)C)[C@H]2SC1.Cc1ccc(S(=O)(=O)O)cc1. The Labute approximate surface area is 252 Å². The molecule has 0 saturated carbocycles. The van der Waals surface area contributed by atoms with Crippen LogP contribution in [0.2, 0.25) is 0 Å². The first kappa shape index (κ1) is 33.2. The fourth-order valence-corrected chi connectivity index (χ4v) is 5.60. The summed E-state index contributed by atoms with van der Waals surface area (Å²) in [5, 5.41) is 10.4. The molecule has 4 rings (SSSR count). The number of ether oxygens (including phenoxy) is 2. The Morgan fingerprint density at radius 3 is 2.30 bits per heavy atom. The van der Waals surface area contributed by atoms with Crippen molar-refractivity contribution in [2.75, 3.05) is 26.5 Å². The molecule has 2 aliphatic rings. The number of nitro groups is 1. The Bertz CT molecular complexity index is 1540. The predicted octanol–water partition coefficient (Wildman–Crippen LogP) is 2.57. The second kappa shape index (κ2) is 14.3. The summed E-state index contributed by atoms with van der Waals surface area (Å²) in [4.78, 5) is 54.4. The minimum Gasteiger partial charge on any atom is -0.461 e. The Kier molecular flexibility index (Phi) is 11.0. The molecule has 43 heavy (non-hydrogen) atoms. The number of nitrogens with zero attached hydrogens (tertiary/aromatic N) is 4. The van der Waals surface area contributed by atoms with Gasteiger partial charge >= 0.3 is 11.9 Å². The van der Waals surface area contributed by atoms with Gasteiger partial charge in [0.15, 0.2) is 6.04 Å². The van der Waals surface area contributed by atoms with Crippen LogP contribution >= 0.6 is 11.8 Å². The Hall–Kier alpha value is -4.28. The van der Waals surface area contributed by atoms with Crippen LogP contribution in [-0.2, 0) is 40.6 Å². The summed E-state index contributed by atoms with van der Waals surface area (Å²) in [6, 6.07) is 11.0. The number of benzene rings is 2. The van der Waals surface area contributed by atoms with Crippen molar-refractivity contribution in [2.45, 2.75) is 36.8 Å². The first-order valence-corrected chi connectivity index (χ1v) is 15.1. The molecule has 230 valence electrons. The number of carbonyl (C=O) groups excluding carboxylic acids is 3. The third-order valence-corrected chi connectivity index (χ3v) is 8.15. The lowest BCUT2D eigenvalue weighted by Gasteiger charge is -2.48. The summed E-state index contributed by atoms with van der Waals surface area (Å²) >= 11 is 1.43. The lowest BCUT2D eigenvalue weighted by molar-refractivity contribution is -0.384. The van der Waals surface area contributed by atoms with Crippen LogP contribution in [0.4, 0.5) is 5.69 Å². The highest BCUT2D eigenvalue weighted by molar-refractivity contribution is 8.00. The number of thioether (sulfide) groups is 1. The van der Waals surface area contributed by atoms with Gasteiger partial charge < -0.3 is 14.4 Å². The highest BCUT2D eigenvalue weighted by atomic mass is 32.2. The zero-order valence-corrected chi connectivity index (χ0v) is 25.3. The minimum atomic E-state index is -4.02. The molecule has 16 heteroatoms. The topological polar surface area (TPSA) is 186 Å². The van der Waals surface area contributed by atoms with Crippen LogP contribution in [0.1, 0.15) is 18.1 Å². The number of aliphatic imine (C=N–C) groups is 1. The smallest absolute Gasteiger partial charge is 0.355 e. The predicted molar refractivity (Wildman–Crippen MR) is 157 cm³/mol. The van der Waals surface area contributed by atoms with E-state index in [9.17, 15) is 32.9 Å². The van der Waals surface area contributed by atoms with Gasteiger partial charge in [0.2, 0.25) is 0 Å². The van der Waals surface area contributed by atoms with Gasteiger partial charge in [-0.1, -0.05) is 17.7 Å². The van der Waals surface area contributed by atoms with Crippen molar-refractivity contribution in [1.29, 1.82) is 0 Å². The van der Waals surface area contributed by atoms with Crippen LogP contribution in [0.25, 0.3) is 0 Å². The fraction of sp³-hybridized carbons (Fsp3) is 0.333. The second-order valence-corrected chi connectivity index (χ2v) is 12.1. The van der Waals surface area contributed by atoms with Crippen LogP contribution < -0.4 is 0 Å². The fourth-order valence-electron chi connectivity index (χ4n) is 3.80. The van der Waals surface area contributed by atoms with Crippen LogP contribution in [-0.4, -0.2) is 89.7 Å². The molecule has 0 aromatic heterocycles. The number of esters is 2. The maximum absolute atomic E-state index is 12.9. The Morgan fingerprint density at radius 1 is 1.14 bits per heavy atom. The van der Waals surface area contributed by atoms with Gasteiger partial charge in [0.1, 0.15) is 24.3 Å². The molecule has 1 N–H and O–H groups in total. The van der Waals surface area contributed by atoms with E-state index in [-0.39, 0.29) is 40.8 Å². The van der Waals surface area contributed by atoms with Crippen molar-refractivity contribution in [3.8, 4) is 0 Å². The van der Waals surface area contributed by atoms with Crippen molar-refractivity contribution in [3.63, 3.8) is 0 Å². The summed E-state index contributed by atoms with van der Waals surface area (Å²) in [6.45, 7) is 2.83. The van der Waals surface area contributed by atoms with Crippen LogP contribution in [0.5, 0.6) is 0 Å². The number of β-lactam (4-membered cyclic amide) rings is 1. The van der Waals surface area contributed by atoms with Crippen LogP contribution in [0.3, 0.4) is 0 Å². The molecule has 0 spiro atoms. The monoisotopic (exact) mass is 634 g/mol. The molecule has 14 nitrogen and oxygen atoms in total. The molecule has 0 unspecified atom stereocenters. The highest BCUT2D eigenvalue weighted by Gasteiger charge is 2.54. The first-order valence-electron chi connectivity index (χ1n) is 12.6. The lowest BCUT2D eigenvalue weighted by Crippen LogP contribution is -2.64. The number of fused-ring (bicyclic) bond motifs is 1. The highest BCUT2D eigenvalue weighted by Crippen LogP contribution is 2.42. The second-order valence-electron chi connectivity index (χ2n) is 9.60. The first-order chi connectivity index (χ1) is 20.2. The number of nitro benzene ring substituents is 1. The van der Waals surface area contributed by atoms with Gasteiger partial charge in [-0.05, 0) is 36.8 Å². The summed E-state index contributed by atoms with van der Waals surface area (Å²) < 4.78 is 40.0. The molecule has 1 fully saturated rings. The number of aryl methyl sites for hydroxylation is 1. The zero-order valence-electron chi connectivity index (χ0n) is 23.7. The van der Waals surface area contributed by atoms with Gasteiger partial charge in [-0.2, -0.15) is 8.42 Å². The van der Waals surface area contributed by atoms with E-state index < -0.39 is 33.0 Å². The van der Waals surface area contributed by atoms with E-state index in [4.69, 9.17) is 14.0 Å². The number of rotatable bonds is 9. The van der Waals surface area contributed by atoms with Crippen LogP contribution in [0, 0.1) is 17.0 Å². The molecule has 2 atom stereocenters. The maximum Gasteiger partial charge on any atom is 0.355 e. The Morgan fingerprint density at radius 2 is 1.77 bits per heavy atom. The minimum absolute atomic E-state index is 0.0539. The van der Waals surface area contributed by atoms with Gasteiger partial charge in [-0.25, -0.2) is 4.79 Å². The molecule has 1 amide bonds. The average Bonchev–Trinajstić information content (AvgIpc) is 2.94. The van der Waals surface area contributed by atoms with E-state index >= 15 is 0 Å². The average molecular weight is 635 g/mol. The largest absolute Gasteiger partial charge is 0.461 e. The van der Waals surface area contributed by atoms with Gasteiger partial charge in [0, 0.05) is 44.5 Å². The van der Waals surface area contributed by atoms with Crippen molar-refractivity contribution in [2.24, 2.45) is 4.99 Å². The molecule has 2 aromatic rings. The van der Waals surface area contributed by atoms with Crippen molar-refractivity contribution < 1.29 is 41.8 Å². The standard InChI is InChI=1S/C20H22N4O7S.C7H8O3S/c1-12(25)30-9-14-10-32-19-16(21-11-22(2)3)18(26)23(19)17(14)20(27)31-8-13-4-6-15(7-5-13)24(28)29;1-6-2-4-7(5-3-6)11(8,9)10/h4-7,11,16,19H,8-10H2,1-3H3;2-5H,1H3,(H,8,9,10)/t16-,19-;/m1./s1. The Balaban J connectivity index is 0.000000386. The summed E-state index contributed by atoms with van der Waals surface area (Å²) in [5.74, 6) is -1.22. The molecule has 0 radical (unpaired) electrons. The summed E-state index contributed by atoms with van der Waals surface area (Å²) in [6.07, 6.45) is 1.55. The van der Waals surface area contributed by atoms with Crippen molar-refractivity contribution in [1.82, 2.24) is 9.80 Å². The van der Waals surface area contributed by atoms with Gasteiger partial charge in [-0.3, -0.25) is 34.1 Å². The number of carbonyl (C=O) groups is 3. The molecule has 2 aliphatic heterocycles. The lowest BCUT2D eigenvalue weighted by atomic mass is 10.0. The van der Waals surface area contributed by atoms with E-state index in [0.29, 0.717) is 16.9 Å². The van der Waals surface area contributed by atoms with E-state index in [1.165, 1.54) is 60.0 Å².